The smallest absolute Gasteiger partial charge is 0.365 e. The Morgan fingerprint density at radius 3 is 2.87 bits per heavy atom. The lowest BCUT2D eigenvalue weighted by Crippen LogP contribution is -2.32. The zero-order valence-electron chi connectivity index (χ0n) is 8.18. The highest BCUT2D eigenvalue weighted by molar-refractivity contribution is 5.65. The minimum atomic E-state index is -0.575. The quantitative estimate of drug-likeness (QED) is 0.510. The third kappa shape index (κ3) is 1.26. The lowest BCUT2D eigenvalue weighted by Gasteiger charge is -1.97. The van der Waals surface area contributed by atoms with E-state index in [-0.39, 0.29) is 22.9 Å². The normalized spacial score (nSPS) is 10.8. The number of H-pyrrole nitrogens is 1. The van der Waals surface area contributed by atoms with E-state index in [1.807, 2.05) is 0 Å². The van der Waals surface area contributed by atoms with Crippen molar-refractivity contribution in [3.8, 4) is 0 Å². The monoisotopic (exact) mass is 209 g/mol. The summed E-state index contributed by atoms with van der Waals surface area (Å²) < 4.78 is 1.77. The lowest BCUT2D eigenvalue weighted by atomic mass is 10.5. The van der Waals surface area contributed by atoms with Gasteiger partial charge in [0.15, 0.2) is 0 Å². The minimum Gasteiger partial charge on any atom is -0.369 e. The van der Waals surface area contributed by atoms with E-state index in [2.05, 4.69) is 15.1 Å². The first kappa shape index (κ1) is 9.31. The molecule has 0 aliphatic rings. The summed E-state index contributed by atoms with van der Waals surface area (Å²) >= 11 is 0. The van der Waals surface area contributed by atoms with E-state index in [9.17, 15) is 9.70 Å². The van der Waals surface area contributed by atoms with Gasteiger partial charge in [0, 0.05) is 11.4 Å². The summed E-state index contributed by atoms with van der Waals surface area (Å²) in [5.41, 5.74) is 4.84. The fraction of sp³-hybridized carbons (Fsp3) is 0.286. The van der Waals surface area contributed by atoms with E-state index in [1.165, 1.54) is 11.6 Å². The summed E-state index contributed by atoms with van der Waals surface area (Å²) in [7, 11) is 1.58. The molecule has 0 aliphatic heterocycles. The van der Waals surface area contributed by atoms with E-state index in [1.54, 1.807) is 7.05 Å². The highest BCUT2D eigenvalue weighted by Crippen LogP contribution is 1.99. The maximum absolute atomic E-state index is 11.6. The fourth-order valence-corrected chi connectivity index (χ4v) is 1.35. The second kappa shape index (κ2) is 2.87. The van der Waals surface area contributed by atoms with Gasteiger partial charge in [0.25, 0.3) is 5.52 Å². The maximum atomic E-state index is 11.6. The molecule has 0 spiro atoms. The summed E-state index contributed by atoms with van der Waals surface area (Å²) in [6.07, 6.45) is 0. The van der Waals surface area contributed by atoms with E-state index in [0.717, 1.165) is 0 Å². The van der Waals surface area contributed by atoms with Crippen molar-refractivity contribution in [3.63, 3.8) is 0 Å². The van der Waals surface area contributed by atoms with Gasteiger partial charge in [0.2, 0.25) is 11.6 Å². The number of aromatic nitrogens is 5. The van der Waals surface area contributed by atoms with Crippen molar-refractivity contribution in [1.29, 1.82) is 0 Å². The van der Waals surface area contributed by atoms with Crippen LogP contribution in [-0.4, -0.2) is 19.7 Å². The van der Waals surface area contributed by atoms with Gasteiger partial charge in [-0.3, -0.25) is 9.78 Å². The second-order valence-electron chi connectivity index (χ2n) is 3.09. The Labute approximate surface area is 83.0 Å². The topological polar surface area (TPSA) is 113 Å². The molecular weight excluding hydrogens is 200 g/mol. The maximum Gasteiger partial charge on any atom is 0.365 e. The average Bonchev–Trinajstić information content (AvgIpc) is 2.13. The van der Waals surface area contributed by atoms with Crippen LogP contribution in [0.4, 0.5) is 5.95 Å². The third-order valence-electron chi connectivity index (χ3n) is 1.99. The summed E-state index contributed by atoms with van der Waals surface area (Å²) in [6.45, 7) is 1.50. The predicted octanol–water partition coefficient (Wildman–Crippen LogP) is -1.54. The molecule has 2 rings (SSSR count). The van der Waals surface area contributed by atoms with Crippen LogP contribution in [0.1, 0.15) is 5.82 Å². The zero-order chi connectivity index (χ0) is 11.2. The van der Waals surface area contributed by atoms with Gasteiger partial charge in [-0.1, -0.05) is 4.91 Å². The van der Waals surface area contributed by atoms with Crippen LogP contribution < -0.4 is 15.7 Å². The van der Waals surface area contributed by atoms with Crippen molar-refractivity contribution < 1.29 is 4.43 Å². The van der Waals surface area contributed by atoms with Gasteiger partial charge in [-0.05, 0) is 0 Å². The number of aryl methyl sites for hydroxylation is 2. The Kier molecular flexibility index (Phi) is 1.78. The van der Waals surface area contributed by atoms with Crippen LogP contribution in [0.25, 0.3) is 11.2 Å². The number of hydrogen-bond donors (Lipinski definition) is 2. The van der Waals surface area contributed by atoms with Crippen molar-refractivity contribution in [2.24, 2.45) is 7.05 Å². The molecule has 3 N–H and O–H groups in total. The molecule has 8 heteroatoms. The molecule has 0 radical (unpaired) electrons. The van der Waals surface area contributed by atoms with Crippen LogP contribution in [0, 0.1) is 11.8 Å². The van der Waals surface area contributed by atoms with Crippen molar-refractivity contribution in [2.75, 3.05) is 5.73 Å². The number of fused-ring (bicyclic) bond motifs is 1. The van der Waals surface area contributed by atoms with Gasteiger partial charge in [-0.25, -0.2) is 0 Å². The number of nitrogens with one attached hydrogen (secondary N) is 1. The number of nitrogens with zero attached hydrogens (tertiary/aromatic N) is 4. The van der Waals surface area contributed by atoms with Crippen molar-refractivity contribution in [1.82, 2.24) is 19.7 Å². The summed E-state index contributed by atoms with van der Waals surface area (Å²) in [4.78, 5) is 29.1. The van der Waals surface area contributed by atoms with Gasteiger partial charge in [0.1, 0.15) is 0 Å². The number of nitrogen functional groups attached to an aromatic ring is 1. The van der Waals surface area contributed by atoms with E-state index >= 15 is 0 Å². The standard InChI is InChI=1S/C7H8N6O2/c1-3-11-12(2)5-4(13(3)15)6(14)10-7(8)9-5/h1-2H3,(H2-,8,9,10,14,15)/p+1. The molecule has 0 aliphatic carbocycles. The highest BCUT2D eigenvalue weighted by Gasteiger charge is 2.18. The Morgan fingerprint density at radius 1 is 1.53 bits per heavy atom. The Balaban J connectivity index is 3.17. The Hall–Kier alpha value is -2.25. The summed E-state index contributed by atoms with van der Waals surface area (Å²) in [5.74, 6) is 0.121. The molecule has 2 heterocycles. The molecule has 0 bridgehead atoms. The predicted molar refractivity (Wildman–Crippen MR) is 51.6 cm³/mol. The van der Waals surface area contributed by atoms with Gasteiger partial charge in [-0.15, -0.1) is 0 Å². The molecule has 15 heavy (non-hydrogen) atoms. The summed E-state index contributed by atoms with van der Waals surface area (Å²) in [5, 5.41) is 3.88. The molecule has 0 atom stereocenters. The minimum absolute atomic E-state index is 0.0475. The van der Waals surface area contributed by atoms with Crippen molar-refractivity contribution in [2.45, 2.75) is 6.92 Å². The number of rotatable bonds is 0. The molecule has 0 fully saturated rings. The van der Waals surface area contributed by atoms with E-state index in [0.29, 0.717) is 4.43 Å². The van der Waals surface area contributed by atoms with Crippen LogP contribution in [0.5, 0.6) is 0 Å². The van der Waals surface area contributed by atoms with Crippen LogP contribution in [0.3, 0.4) is 0 Å². The average molecular weight is 209 g/mol. The number of nitrogens with two attached hydrogens (primary N) is 1. The van der Waals surface area contributed by atoms with Gasteiger partial charge >= 0.3 is 11.4 Å². The first-order valence-electron chi connectivity index (χ1n) is 4.16. The zero-order valence-corrected chi connectivity index (χ0v) is 8.18. The van der Waals surface area contributed by atoms with E-state index in [4.69, 9.17) is 5.73 Å². The van der Waals surface area contributed by atoms with Gasteiger partial charge in [-0.2, -0.15) is 9.67 Å². The molecular formula is C7H9N6O2+. The Bertz CT molecular complexity index is 655. The van der Waals surface area contributed by atoms with Crippen LogP contribution in [0.15, 0.2) is 4.79 Å². The molecule has 0 unspecified atom stereocenters. The molecule has 0 saturated heterocycles. The lowest BCUT2D eigenvalue weighted by molar-refractivity contribution is -0.479. The molecule has 0 aromatic carbocycles. The second-order valence-corrected chi connectivity index (χ2v) is 3.09. The highest BCUT2D eigenvalue weighted by atomic mass is 16.3. The van der Waals surface area contributed by atoms with Gasteiger partial charge < -0.3 is 5.73 Å². The largest absolute Gasteiger partial charge is 0.369 e. The van der Waals surface area contributed by atoms with E-state index < -0.39 is 5.56 Å². The number of anilines is 1. The SMILES string of the molecule is Cc1nn(C)c2nc(N)[nH]c(=O)c2[n+]1=O. The molecule has 78 valence electrons. The van der Waals surface area contributed by atoms with Crippen LogP contribution >= 0.6 is 0 Å². The molecule has 8 nitrogen and oxygen atoms in total. The van der Waals surface area contributed by atoms with Gasteiger partial charge in [0.05, 0.1) is 12.1 Å². The van der Waals surface area contributed by atoms with Crippen molar-refractivity contribution >= 4 is 17.1 Å². The fourth-order valence-electron chi connectivity index (χ4n) is 1.35. The molecule has 0 saturated carbocycles. The van der Waals surface area contributed by atoms with Crippen LogP contribution in [-0.2, 0) is 7.05 Å². The third-order valence-corrected chi connectivity index (χ3v) is 1.99. The Morgan fingerprint density at radius 2 is 2.20 bits per heavy atom. The summed E-state index contributed by atoms with van der Waals surface area (Å²) in [6, 6.07) is 0. The first-order valence-corrected chi connectivity index (χ1v) is 4.16. The molecule has 2 aromatic rings. The first-order chi connectivity index (χ1) is 7.00. The number of aromatic amines is 1. The van der Waals surface area contributed by atoms with Crippen LogP contribution in [0.2, 0.25) is 0 Å². The molecule has 0 amide bonds. The molecule has 2 aromatic heterocycles. The number of hydrogen-bond acceptors (Lipinski definition) is 5. The van der Waals surface area contributed by atoms with Crippen molar-refractivity contribution in [3.05, 3.63) is 21.1 Å².